The molecule has 3 amide bonds. The normalized spacial score (nSPS) is 11.6. The molecule has 0 heterocycles. The van der Waals surface area contributed by atoms with Gasteiger partial charge in [0.25, 0.3) is 0 Å². The number of carbonyl (C=O) groups excluding carboxylic acids is 2. The summed E-state index contributed by atoms with van der Waals surface area (Å²) in [5.41, 5.74) is 1.62. The van der Waals surface area contributed by atoms with E-state index in [1.54, 1.807) is 12.1 Å². The molecule has 1 atom stereocenters. The lowest BCUT2D eigenvalue weighted by Crippen LogP contribution is -2.37. The average Bonchev–Trinajstić information content (AvgIpc) is 2.52. The second kappa shape index (κ2) is 9.78. The van der Waals surface area contributed by atoms with Gasteiger partial charge in [-0.15, -0.1) is 0 Å². The Labute approximate surface area is 132 Å². The highest BCUT2D eigenvalue weighted by Crippen LogP contribution is 2.10. The van der Waals surface area contributed by atoms with Crippen molar-refractivity contribution in [3.63, 3.8) is 0 Å². The van der Waals surface area contributed by atoms with Crippen LogP contribution < -0.4 is 21.3 Å². The van der Waals surface area contributed by atoms with Crippen LogP contribution in [0.5, 0.6) is 0 Å². The molecule has 0 aliphatic heterocycles. The Bertz CT molecular complexity index is 474. The summed E-state index contributed by atoms with van der Waals surface area (Å²) < 4.78 is 0. The molecule has 0 bridgehead atoms. The van der Waals surface area contributed by atoms with Gasteiger partial charge in [-0.3, -0.25) is 4.79 Å². The van der Waals surface area contributed by atoms with Crippen LogP contribution in [0.4, 0.5) is 10.5 Å². The van der Waals surface area contributed by atoms with Gasteiger partial charge in [0.1, 0.15) is 0 Å². The number of anilines is 1. The molecule has 122 valence electrons. The van der Waals surface area contributed by atoms with E-state index in [0.717, 1.165) is 12.0 Å². The molecule has 0 radical (unpaired) electrons. The lowest BCUT2D eigenvalue weighted by Gasteiger charge is -2.11. The molecule has 1 rings (SSSR count). The Hall–Kier alpha value is -2.08. The van der Waals surface area contributed by atoms with Crippen molar-refractivity contribution in [3.8, 4) is 0 Å². The molecular formula is C16H26N4O2. The second-order valence-electron chi connectivity index (χ2n) is 5.25. The molecule has 0 aliphatic rings. The van der Waals surface area contributed by atoms with Crippen LogP contribution in [0, 0.1) is 0 Å². The minimum atomic E-state index is -0.214. The molecule has 0 fully saturated rings. The Morgan fingerprint density at radius 3 is 2.41 bits per heavy atom. The molecular weight excluding hydrogens is 280 g/mol. The highest BCUT2D eigenvalue weighted by molar-refractivity contribution is 5.89. The fourth-order valence-electron chi connectivity index (χ4n) is 1.74. The molecule has 0 saturated heterocycles. The highest BCUT2D eigenvalue weighted by Gasteiger charge is 2.06. The van der Waals surface area contributed by atoms with E-state index in [1.165, 1.54) is 0 Å². The number of nitrogens with one attached hydrogen (secondary N) is 4. The van der Waals surface area contributed by atoms with Crippen molar-refractivity contribution in [2.24, 2.45) is 0 Å². The van der Waals surface area contributed by atoms with Gasteiger partial charge in [0.05, 0.1) is 6.42 Å². The first-order valence-electron chi connectivity index (χ1n) is 7.63. The number of rotatable bonds is 8. The van der Waals surface area contributed by atoms with E-state index in [2.05, 4.69) is 21.3 Å². The third kappa shape index (κ3) is 7.08. The maximum Gasteiger partial charge on any atom is 0.319 e. The van der Waals surface area contributed by atoms with E-state index in [4.69, 9.17) is 0 Å². The Morgan fingerprint density at radius 2 is 1.82 bits per heavy atom. The van der Waals surface area contributed by atoms with Crippen molar-refractivity contribution in [1.82, 2.24) is 16.0 Å². The number of amides is 3. The molecule has 22 heavy (non-hydrogen) atoms. The first-order chi connectivity index (χ1) is 10.5. The van der Waals surface area contributed by atoms with Crippen molar-refractivity contribution in [1.29, 1.82) is 0 Å². The zero-order valence-electron chi connectivity index (χ0n) is 13.5. The van der Waals surface area contributed by atoms with Gasteiger partial charge in [0.2, 0.25) is 5.91 Å². The Kier molecular flexibility index (Phi) is 7.99. The largest absolute Gasteiger partial charge is 0.354 e. The van der Waals surface area contributed by atoms with E-state index < -0.39 is 0 Å². The lowest BCUT2D eigenvalue weighted by molar-refractivity contribution is -0.120. The summed E-state index contributed by atoms with van der Waals surface area (Å²) in [5.74, 6) is -0.0106. The number of benzene rings is 1. The molecule has 6 nitrogen and oxygen atoms in total. The van der Waals surface area contributed by atoms with Crippen molar-refractivity contribution >= 4 is 17.6 Å². The molecule has 0 saturated carbocycles. The van der Waals surface area contributed by atoms with Crippen molar-refractivity contribution in [2.45, 2.75) is 32.7 Å². The van der Waals surface area contributed by atoms with Crippen LogP contribution >= 0.6 is 0 Å². The summed E-state index contributed by atoms with van der Waals surface area (Å²) in [7, 11) is 1.86. The zero-order chi connectivity index (χ0) is 16.4. The molecule has 0 spiro atoms. The van der Waals surface area contributed by atoms with Gasteiger partial charge in [-0.25, -0.2) is 4.79 Å². The summed E-state index contributed by atoms with van der Waals surface area (Å²) in [6.07, 6.45) is 1.23. The fourth-order valence-corrected chi connectivity index (χ4v) is 1.74. The number of likely N-dealkylation sites (N-methyl/N-ethyl adjacent to an activating group) is 1. The van der Waals surface area contributed by atoms with Gasteiger partial charge < -0.3 is 21.3 Å². The van der Waals surface area contributed by atoms with Gasteiger partial charge in [0.15, 0.2) is 0 Å². The van der Waals surface area contributed by atoms with Gasteiger partial charge >= 0.3 is 6.03 Å². The highest BCUT2D eigenvalue weighted by atomic mass is 16.2. The first-order valence-corrected chi connectivity index (χ1v) is 7.63. The fraction of sp³-hybridized carbons (Fsp3) is 0.500. The molecule has 4 N–H and O–H groups in total. The van der Waals surface area contributed by atoms with E-state index in [-0.39, 0.29) is 18.0 Å². The standard InChI is InChI=1S/C16H26N4O2/c1-4-9-18-16(22)20-14-7-5-13(6-8-14)10-15(21)19-11-12(2)17-3/h5-8,12,17H,4,9-11H2,1-3H3,(H,19,21)(H2,18,20,22). The van der Waals surface area contributed by atoms with Gasteiger partial charge in [0, 0.05) is 24.8 Å². The number of urea groups is 1. The third-order valence-corrected chi connectivity index (χ3v) is 3.21. The Morgan fingerprint density at radius 1 is 1.14 bits per heavy atom. The van der Waals surface area contributed by atoms with Crippen LogP contribution in [0.1, 0.15) is 25.8 Å². The summed E-state index contributed by atoms with van der Waals surface area (Å²) in [6, 6.07) is 7.31. The summed E-state index contributed by atoms with van der Waals surface area (Å²) in [6.45, 7) is 5.25. The molecule has 1 aromatic carbocycles. The van der Waals surface area contributed by atoms with E-state index in [0.29, 0.717) is 25.2 Å². The SMILES string of the molecule is CCCNC(=O)Nc1ccc(CC(=O)NCC(C)NC)cc1. The Balaban J connectivity index is 2.41. The lowest BCUT2D eigenvalue weighted by atomic mass is 10.1. The number of hydrogen-bond acceptors (Lipinski definition) is 3. The molecule has 1 unspecified atom stereocenters. The predicted octanol–water partition coefficient (Wildman–Crippen LogP) is 1.48. The van der Waals surface area contributed by atoms with E-state index in [9.17, 15) is 9.59 Å². The predicted molar refractivity (Wildman–Crippen MR) is 89.0 cm³/mol. The topological polar surface area (TPSA) is 82.3 Å². The van der Waals surface area contributed by atoms with Crippen LogP contribution in [0.15, 0.2) is 24.3 Å². The van der Waals surface area contributed by atoms with Crippen molar-refractivity contribution < 1.29 is 9.59 Å². The van der Waals surface area contributed by atoms with Gasteiger partial charge in [-0.05, 0) is 38.1 Å². The van der Waals surface area contributed by atoms with Crippen molar-refractivity contribution in [3.05, 3.63) is 29.8 Å². The molecule has 0 aromatic heterocycles. The molecule has 1 aromatic rings. The minimum Gasteiger partial charge on any atom is -0.354 e. The van der Waals surface area contributed by atoms with Crippen LogP contribution in [0.2, 0.25) is 0 Å². The average molecular weight is 306 g/mol. The van der Waals surface area contributed by atoms with Crippen LogP contribution in [-0.2, 0) is 11.2 Å². The first kappa shape index (κ1) is 18.0. The number of carbonyl (C=O) groups is 2. The van der Waals surface area contributed by atoms with Crippen molar-refractivity contribution in [2.75, 3.05) is 25.5 Å². The van der Waals surface area contributed by atoms with Crippen LogP contribution in [-0.4, -0.2) is 38.1 Å². The zero-order valence-corrected chi connectivity index (χ0v) is 13.5. The smallest absolute Gasteiger partial charge is 0.319 e. The third-order valence-electron chi connectivity index (χ3n) is 3.21. The molecule has 0 aliphatic carbocycles. The summed E-state index contributed by atoms with van der Waals surface area (Å²) >= 11 is 0. The maximum atomic E-state index is 11.8. The van der Waals surface area contributed by atoms with Crippen LogP contribution in [0.3, 0.4) is 0 Å². The van der Waals surface area contributed by atoms with E-state index in [1.807, 2.05) is 33.0 Å². The maximum absolute atomic E-state index is 11.8. The second-order valence-corrected chi connectivity index (χ2v) is 5.25. The monoisotopic (exact) mass is 306 g/mol. The summed E-state index contributed by atoms with van der Waals surface area (Å²) in [4.78, 5) is 23.3. The van der Waals surface area contributed by atoms with Gasteiger partial charge in [-0.1, -0.05) is 19.1 Å². The summed E-state index contributed by atoms with van der Waals surface area (Å²) in [5, 5.41) is 11.4. The van der Waals surface area contributed by atoms with Crippen LogP contribution in [0.25, 0.3) is 0 Å². The number of hydrogen-bond donors (Lipinski definition) is 4. The van der Waals surface area contributed by atoms with E-state index >= 15 is 0 Å². The van der Waals surface area contributed by atoms with Gasteiger partial charge in [-0.2, -0.15) is 0 Å². The molecule has 6 heteroatoms. The quantitative estimate of drug-likeness (QED) is 0.587. The minimum absolute atomic E-state index is 0.0106.